The first-order chi connectivity index (χ1) is 16.5. The van der Waals surface area contributed by atoms with Crippen molar-refractivity contribution in [2.75, 3.05) is 31.1 Å². The van der Waals surface area contributed by atoms with Crippen molar-refractivity contribution >= 4 is 68.5 Å². The minimum atomic E-state index is -0.0647. The fourth-order valence-corrected chi connectivity index (χ4v) is 5.29. The number of allylic oxidation sites excluding steroid dienone is 3. The maximum atomic E-state index is 12.9. The molecule has 1 atom stereocenters. The molecule has 1 fully saturated rings. The van der Waals surface area contributed by atoms with Gasteiger partial charge in [0.1, 0.15) is 5.84 Å². The van der Waals surface area contributed by atoms with E-state index in [4.69, 9.17) is 23.8 Å². The predicted molar refractivity (Wildman–Crippen MR) is 143 cm³/mol. The molecule has 1 unspecified atom stereocenters. The number of halogens is 1. The van der Waals surface area contributed by atoms with E-state index in [0.717, 1.165) is 35.2 Å². The van der Waals surface area contributed by atoms with Crippen molar-refractivity contribution in [1.82, 2.24) is 15.2 Å². The molecular formula is C24H23ClN6OS2. The molecule has 0 bridgehead atoms. The third-order valence-electron chi connectivity index (χ3n) is 5.99. The highest BCUT2D eigenvalue weighted by atomic mass is 35.5. The summed E-state index contributed by atoms with van der Waals surface area (Å²) in [5, 5.41) is 6.69. The molecule has 0 spiro atoms. The van der Waals surface area contributed by atoms with Gasteiger partial charge in [0.2, 0.25) is 11.0 Å². The minimum absolute atomic E-state index is 0.0647. The number of hydrogen-bond donors (Lipinski definition) is 1. The van der Waals surface area contributed by atoms with Crippen molar-refractivity contribution in [3.8, 4) is 0 Å². The van der Waals surface area contributed by atoms with Gasteiger partial charge in [-0.25, -0.2) is 15.0 Å². The Kier molecular flexibility index (Phi) is 6.58. The minimum Gasteiger partial charge on any atom is -0.368 e. The molecule has 2 aromatic rings. The van der Waals surface area contributed by atoms with E-state index in [-0.39, 0.29) is 18.2 Å². The zero-order chi connectivity index (χ0) is 23.7. The monoisotopic (exact) mass is 510 g/mol. The number of carbonyl (C=O) groups excluding carboxylic acids is 1. The lowest BCUT2D eigenvalue weighted by atomic mass is 9.96. The number of fused-ring (bicyclic) bond motifs is 1. The van der Waals surface area contributed by atoms with Crippen molar-refractivity contribution in [2.45, 2.75) is 13.3 Å². The highest BCUT2D eigenvalue weighted by molar-refractivity contribution is 7.80. The van der Waals surface area contributed by atoms with Crippen molar-refractivity contribution < 1.29 is 4.79 Å². The van der Waals surface area contributed by atoms with Gasteiger partial charge in [0, 0.05) is 42.3 Å². The standard InChI is InChI=1S/C24H23ClN6OS2/c1-15-6-7-16(25)12-20(15)30-8-10-31(11-9-30)21(32)13-17-14-34-24(26-17)29-22-18-4-2-3-5-19(18)27-23(33)28-22/h2-7,12,14,18H,8-11,13H2,1H3,(H,26,28,29,33). The van der Waals surface area contributed by atoms with Gasteiger partial charge in [-0.1, -0.05) is 35.9 Å². The Balaban J connectivity index is 1.20. The van der Waals surface area contributed by atoms with Gasteiger partial charge in [-0.3, -0.25) is 4.79 Å². The molecule has 7 nitrogen and oxygen atoms in total. The maximum Gasteiger partial charge on any atom is 0.228 e. The lowest BCUT2D eigenvalue weighted by molar-refractivity contribution is -0.130. The van der Waals surface area contributed by atoms with Crippen LogP contribution in [0.1, 0.15) is 11.3 Å². The fourth-order valence-electron chi connectivity index (χ4n) is 4.22. The number of carbonyl (C=O) groups is 1. The van der Waals surface area contributed by atoms with E-state index in [1.807, 2.05) is 52.8 Å². The van der Waals surface area contributed by atoms with E-state index >= 15 is 0 Å². The summed E-state index contributed by atoms with van der Waals surface area (Å²) in [5.74, 6) is 0.721. The van der Waals surface area contributed by atoms with Gasteiger partial charge in [0.05, 0.1) is 23.7 Å². The van der Waals surface area contributed by atoms with Gasteiger partial charge in [-0.2, -0.15) is 0 Å². The number of thiazole rings is 1. The Labute approximate surface area is 212 Å². The highest BCUT2D eigenvalue weighted by Gasteiger charge is 2.26. The predicted octanol–water partition coefficient (Wildman–Crippen LogP) is 4.10. The van der Waals surface area contributed by atoms with Crippen LogP contribution in [0.3, 0.4) is 0 Å². The van der Waals surface area contributed by atoms with Gasteiger partial charge in [0.15, 0.2) is 5.11 Å². The van der Waals surface area contributed by atoms with Crippen molar-refractivity contribution in [3.63, 3.8) is 0 Å². The van der Waals surface area contributed by atoms with Crippen LogP contribution in [0.2, 0.25) is 5.02 Å². The average Bonchev–Trinajstić information content (AvgIpc) is 3.27. The number of aryl methyl sites for hydroxylation is 1. The third kappa shape index (κ3) is 4.96. The topological polar surface area (TPSA) is 73.2 Å². The Hall–Kier alpha value is -2.88. The molecule has 1 aliphatic carbocycles. The Bertz CT molecular complexity index is 1260. The second-order valence-electron chi connectivity index (χ2n) is 8.28. The molecule has 5 rings (SSSR count). The molecular weight excluding hydrogens is 488 g/mol. The third-order valence-corrected chi connectivity index (χ3v) is 7.20. The molecule has 0 radical (unpaired) electrons. The van der Waals surface area contributed by atoms with Crippen molar-refractivity contribution in [2.24, 2.45) is 15.9 Å². The first-order valence-corrected chi connectivity index (χ1v) is 12.7. The van der Waals surface area contributed by atoms with Gasteiger partial charge >= 0.3 is 0 Å². The number of aliphatic imine (C=N–C) groups is 2. The Morgan fingerprint density at radius 1 is 1.29 bits per heavy atom. The summed E-state index contributed by atoms with van der Waals surface area (Å²) in [7, 11) is 0. The summed E-state index contributed by atoms with van der Waals surface area (Å²) in [6, 6.07) is 5.93. The van der Waals surface area contributed by atoms with Crippen LogP contribution in [0.5, 0.6) is 0 Å². The number of nitrogens with zero attached hydrogens (tertiary/aromatic N) is 5. The van der Waals surface area contributed by atoms with E-state index in [0.29, 0.717) is 29.2 Å². The first kappa shape index (κ1) is 22.9. The van der Waals surface area contributed by atoms with Gasteiger partial charge in [-0.05, 0) is 42.9 Å². The zero-order valence-electron chi connectivity index (χ0n) is 18.6. The molecule has 3 aliphatic rings. The molecule has 1 aromatic carbocycles. The number of aromatic nitrogens is 1. The van der Waals surface area contributed by atoms with Crippen LogP contribution in [0.15, 0.2) is 57.9 Å². The van der Waals surface area contributed by atoms with E-state index in [1.54, 1.807) is 0 Å². The van der Waals surface area contributed by atoms with Crippen LogP contribution in [0, 0.1) is 12.8 Å². The highest BCUT2D eigenvalue weighted by Crippen LogP contribution is 2.26. The number of hydrogen-bond acceptors (Lipinski definition) is 6. The van der Waals surface area contributed by atoms with Crippen LogP contribution < -0.4 is 10.2 Å². The number of benzene rings is 1. The molecule has 0 saturated carbocycles. The molecule has 1 amide bonds. The Morgan fingerprint density at radius 3 is 2.94 bits per heavy atom. The fraction of sp³-hybridized carbons (Fsp3) is 0.292. The van der Waals surface area contributed by atoms with Crippen LogP contribution in [-0.4, -0.2) is 58.6 Å². The number of amidine groups is 1. The largest absolute Gasteiger partial charge is 0.368 e. The second kappa shape index (κ2) is 9.77. The number of anilines is 1. The molecule has 1 aromatic heterocycles. The smallest absolute Gasteiger partial charge is 0.228 e. The van der Waals surface area contributed by atoms with Gasteiger partial charge in [-0.15, -0.1) is 11.3 Å². The number of thiocarbonyl (C=S) groups is 1. The van der Waals surface area contributed by atoms with E-state index in [1.165, 1.54) is 16.9 Å². The Morgan fingerprint density at radius 2 is 2.12 bits per heavy atom. The van der Waals surface area contributed by atoms with Crippen LogP contribution in [-0.2, 0) is 11.2 Å². The second-order valence-corrected chi connectivity index (χ2v) is 9.94. The lowest BCUT2D eigenvalue weighted by Crippen LogP contribution is -2.49. The van der Waals surface area contributed by atoms with Crippen molar-refractivity contribution in [3.05, 3.63) is 64.2 Å². The zero-order valence-corrected chi connectivity index (χ0v) is 21.0. The van der Waals surface area contributed by atoms with Crippen LogP contribution in [0.4, 0.5) is 10.8 Å². The molecule has 10 heteroatoms. The summed E-state index contributed by atoms with van der Waals surface area (Å²) >= 11 is 12.8. The first-order valence-electron chi connectivity index (χ1n) is 11.0. The normalized spacial score (nSPS) is 20.9. The van der Waals surface area contributed by atoms with Crippen LogP contribution >= 0.6 is 35.2 Å². The van der Waals surface area contributed by atoms with E-state index in [9.17, 15) is 4.79 Å². The number of piperazine rings is 1. The summed E-state index contributed by atoms with van der Waals surface area (Å²) in [5.41, 5.74) is 3.92. The number of nitrogens with one attached hydrogen (secondary N) is 1. The molecule has 174 valence electrons. The molecule has 1 N–H and O–H groups in total. The summed E-state index contributed by atoms with van der Waals surface area (Å²) in [6.45, 7) is 4.99. The summed E-state index contributed by atoms with van der Waals surface area (Å²) in [6.07, 6.45) is 8.13. The quantitative estimate of drug-likeness (QED) is 0.627. The van der Waals surface area contributed by atoms with E-state index < -0.39 is 0 Å². The van der Waals surface area contributed by atoms with E-state index in [2.05, 4.69) is 32.1 Å². The van der Waals surface area contributed by atoms with Gasteiger partial charge < -0.3 is 15.1 Å². The molecule has 2 aliphatic heterocycles. The summed E-state index contributed by atoms with van der Waals surface area (Å²) < 4.78 is 0. The molecule has 1 saturated heterocycles. The number of rotatable bonds is 4. The molecule has 34 heavy (non-hydrogen) atoms. The summed E-state index contributed by atoms with van der Waals surface area (Å²) in [4.78, 5) is 30.7. The van der Waals surface area contributed by atoms with Crippen LogP contribution in [0.25, 0.3) is 0 Å². The van der Waals surface area contributed by atoms with Crippen molar-refractivity contribution in [1.29, 1.82) is 0 Å². The van der Waals surface area contributed by atoms with Gasteiger partial charge in [0.25, 0.3) is 0 Å². The average molecular weight is 511 g/mol. The SMILES string of the molecule is Cc1ccc(Cl)cc1N1CCN(C(=O)Cc2csc(/N=C3\NC(=S)N=C4C=CC=CC43)n2)CC1. The number of amides is 1. The molecule has 3 heterocycles. The lowest BCUT2D eigenvalue weighted by Gasteiger charge is -2.36. The maximum absolute atomic E-state index is 12.9.